The highest BCUT2D eigenvalue weighted by Gasteiger charge is 2.63. The van der Waals surface area contributed by atoms with Crippen LogP contribution >= 0.6 is 0 Å². The number of hydrogen-bond donors (Lipinski definition) is 3. The molecule has 1 saturated heterocycles. The average molecular weight is 344 g/mol. The van der Waals surface area contributed by atoms with E-state index >= 15 is 0 Å². The first-order valence-corrected chi connectivity index (χ1v) is 7.26. The van der Waals surface area contributed by atoms with Gasteiger partial charge in [0.05, 0.1) is 6.61 Å². The molecule has 2 aliphatic rings. The van der Waals surface area contributed by atoms with Crippen LogP contribution in [0.1, 0.15) is 12.0 Å². The quantitative estimate of drug-likeness (QED) is 0.696. The Labute approximate surface area is 134 Å². The number of anilines is 1. The molecule has 9 heteroatoms. The number of likely N-dealkylation sites (tertiary alicyclic amines) is 1. The molecular weight excluding hydrogens is 329 g/mol. The standard InChI is InChI=1S/C15H15F3N2O4/c16-15(17,18)12(23)20-6-5-14(24)9-3-1-2-4-10(9)19-11(22)13(14,7-20)8-21/h1-4,21,24H,5-8H2,(H,19,22)/t13-,14+/m0/s1. The Hall–Kier alpha value is -2.13. The van der Waals surface area contributed by atoms with Crippen LogP contribution in [0, 0.1) is 5.41 Å². The lowest BCUT2D eigenvalue weighted by Crippen LogP contribution is -2.68. The molecule has 6 nitrogen and oxygen atoms in total. The number of nitrogens with zero attached hydrogens (tertiary/aromatic N) is 1. The molecule has 1 fully saturated rings. The molecule has 0 radical (unpaired) electrons. The largest absolute Gasteiger partial charge is 0.471 e. The number of nitrogens with one attached hydrogen (secondary N) is 1. The molecule has 0 bridgehead atoms. The Morgan fingerprint density at radius 3 is 2.62 bits per heavy atom. The summed E-state index contributed by atoms with van der Waals surface area (Å²) in [5, 5.41) is 23.4. The van der Waals surface area contributed by atoms with Gasteiger partial charge in [-0.05, 0) is 12.5 Å². The summed E-state index contributed by atoms with van der Waals surface area (Å²) in [6.07, 6.45) is -5.38. The Bertz CT molecular complexity index is 708. The van der Waals surface area contributed by atoms with E-state index in [2.05, 4.69) is 5.32 Å². The topological polar surface area (TPSA) is 89.9 Å². The van der Waals surface area contributed by atoms with Crippen molar-refractivity contribution in [2.75, 3.05) is 25.0 Å². The van der Waals surface area contributed by atoms with Gasteiger partial charge >= 0.3 is 12.1 Å². The summed E-state index contributed by atoms with van der Waals surface area (Å²) in [7, 11) is 0. The zero-order valence-electron chi connectivity index (χ0n) is 12.4. The first kappa shape index (κ1) is 16.7. The third-order valence-corrected chi connectivity index (χ3v) is 4.85. The van der Waals surface area contributed by atoms with Gasteiger partial charge in [0.2, 0.25) is 5.91 Å². The summed E-state index contributed by atoms with van der Waals surface area (Å²) in [6, 6.07) is 6.35. The third kappa shape index (κ3) is 2.11. The Balaban J connectivity index is 2.07. The van der Waals surface area contributed by atoms with Crippen LogP contribution in [0.25, 0.3) is 0 Å². The van der Waals surface area contributed by atoms with Gasteiger partial charge in [-0.25, -0.2) is 0 Å². The van der Waals surface area contributed by atoms with Crippen molar-refractivity contribution in [3.05, 3.63) is 29.8 Å². The lowest BCUT2D eigenvalue weighted by molar-refractivity contribution is -0.204. The number of aliphatic hydroxyl groups excluding tert-OH is 1. The maximum atomic E-state index is 12.7. The predicted octanol–water partition coefficient (Wildman–Crippen LogP) is 0.600. The number of rotatable bonds is 1. The number of para-hydroxylation sites is 1. The number of fused-ring (bicyclic) bond motifs is 3. The summed E-state index contributed by atoms with van der Waals surface area (Å²) >= 11 is 0. The van der Waals surface area contributed by atoms with E-state index in [1.54, 1.807) is 24.3 Å². The van der Waals surface area contributed by atoms with Gasteiger partial charge in [0.25, 0.3) is 0 Å². The van der Waals surface area contributed by atoms with Crippen LogP contribution < -0.4 is 5.32 Å². The van der Waals surface area contributed by atoms with E-state index in [4.69, 9.17) is 0 Å². The van der Waals surface area contributed by atoms with Gasteiger partial charge in [-0.15, -0.1) is 0 Å². The lowest BCUT2D eigenvalue weighted by Gasteiger charge is -2.54. The molecule has 24 heavy (non-hydrogen) atoms. The van der Waals surface area contributed by atoms with Gasteiger partial charge in [-0.3, -0.25) is 9.59 Å². The fourth-order valence-corrected chi connectivity index (χ4v) is 3.52. The molecule has 0 saturated carbocycles. The second-order valence-electron chi connectivity index (χ2n) is 6.07. The molecule has 0 aromatic heterocycles. The highest BCUT2D eigenvalue weighted by molar-refractivity contribution is 6.01. The summed E-state index contributed by atoms with van der Waals surface area (Å²) in [5.41, 5.74) is -3.16. The highest BCUT2D eigenvalue weighted by Crippen LogP contribution is 2.52. The summed E-state index contributed by atoms with van der Waals surface area (Å²) in [6.45, 7) is -2.00. The molecule has 1 aromatic rings. The van der Waals surface area contributed by atoms with E-state index in [0.717, 1.165) is 0 Å². The van der Waals surface area contributed by atoms with Gasteiger partial charge in [0.15, 0.2) is 0 Å². The van der Waals surface area contributed by atoms with Gasteiger partial charge in [0.1, 0.15) is 11.0 Å². The maximum absolute atomic E-state index is 12.7. The second-order valence-corrected chi connectivity index (χ2v) is 6.07. The van der Waals surface area contributed by atoms with Crippen molar-refractivity contribution >= 4 is 17.5 Å². The highest BCUT2D eigenvalue weighted by atomic mass is 19.4. The van der Waals surface area contributed by atoms with Crippen molar-refractivity contribution in [2.45, 2.75) is 18.2 Å². The van der Waals surface area contributed by atoms with Crippen LogP contribution in [0.2, 0.25) is 0 Å². The van der Waals surface area contributed by atoms with Crippen LogP contribution in [0.15, 0.2) is 24.3 Å². The number of benzene rings is 1. The lowest BCUT2D eigenvalue weighted by atomic mass is 9.61. The molecule has 0 unspecified atom stereocenters. The molecule has 2 heterocycles. The zero-order valence-corrected chi connectivity index (χ0v) is 12.4. The molecule has 2 aliphatic heterocycles. The van der Waals surface area contributed by atoms with E-state index in [9.17, 15) is 33.0 Å². The van der Waals surface area contributed by atoms with E-state index < -0.39 is 42.2 Å². The van der Waals surface area contributed by atoms with E-state index in [-0.39, 0.29) is 13.0 Å². The maximum Gasteiger partial charge on any atom is 0.471 e. The van der Waals surface area contributed by atoms with E-state index in [0.29, 0.717) is 16.2 Å². The second kappa shape index (κ2) is 5.18. The Morgan fingerprint density at radius 2 is 2.00 bits per heavy atom. The van der Waals surface area contributed by atoms with Crippen molar-refractivity contribution in [3.8, 4) is 0 Å². The molecular formula is C15H15F3N2O4. The molecule has 3 N–H and O–H groups in total. The fourth-order valence-electron chi connectivity index (χ4n) is 3.52. The predicted molar refractivity (Wildman–Crippen MR) is 75.7 cm³/mol. The van der Waals surface area contributed by atoms with Gasteiger partial charge in [-0.2, -0.15) is 13.2 Å². The molecule has 2 amide bonds. The Kier molecular flexibility index (Phi) is 3.61. The van der Waals surface area contributed by atoms with Gasteiger partial charge in [0, 0.05) is 24.3 Å². The zero-order chi connectivity index (χ0) is 17.8. The van der Waals surface area contributed by atoms with Gasteiger partial charge < -0.3 is 20.4 Å². The third-order valence-electron chi connectivity index (χ3n) is 4.85. The number of piperidine rings is 1. The molecule has 130 valence electrons. The van der Waals surface area contributed by atoms with Crippen LogP contribution in [-0.4, -0.2) is 52.8 Å². The summed E-state index contributed by atoms with van der Waals surface area (Å²) < 4.78 is 38.1. The fraction of sp³-hybridized carbons (Fsp3) is 0.467. The smallest absolute Gasteiger partial charge is 0.395 e. The van der Waals surface area contributed by atoms with Crippen molar-refractivity contribution in [3.63, 3.8) is 0 Å². The SMILES string of the molecule is O=C(N1CC[C@@]2(O)c3ccccc3NC(=O)[C@@]2(CO)C1)C(F)(F)F. The molecule has 0 aliphatic carbocycles. The van der Waals surface area contributed by atoms with Crippen LogP contribution in [-0.2, 0) is 15.2 Å². The monoisotopic (exact) mass is 344 g/mol. The number of halogens is 3. The van der Waals surface area contributed by atoms with Crippen molar-refractivity contribution in [1.29, 1.82) is 0 Å². The molecule has 1 aromatic carbocycles. The van der Waals surface area contributed by atoms with Crippen molar-refractivity contribution < 1.29 is 33.0 Å². The number of carbonyl (C=O) groups excluding carboxylic acids is 2. The van der Waals surface area contributed by atoms with E-state index in [1.807, 2.05) is 0 Å². The normalized spacial score (nSPS) is 29.5. The minimum Gasteiger partial charge on any atom is -0.395 e. The van der Waals surface area contributed by atoms with E-state index in [1.165, 1.54) is 0 Å². The van der Waals surface area contributed by atoms with Crippen LogP contribution in [0.5, 0.6) is 0 Å². The molecule has 0 spiro atoms. The Morgan fingerprint density at radius 1 is 1.33 bits per heavy atom. The number of alkyl halides is 3. The number of aliphatic hydroxyl groups is 2. The summed E-state index contributed by atoms with van der Waals surface area (Å²) in [4.78, 5) is 24.5. The van der Waals surface area contributed by atoms with Crippen LogP contribution in [0.3, 0.4) is 0 Å². The van der Waals surface area contributed by atoms with Crippen molar-refractivity contribution in [2.24, 2.45) is 5.41 Å². The van der Waals surface area contributed by atoms with Crippen LogP contribution in [0.4, 0.5) is 18.9 Å². The first-order chi connectivity index (χ1) is 11.2. The van der Waals surface area contributed by atoms with Crippen molar-refractivity contribution in [1.82, 2.24) is 4.90 Å². The summed E-state index contributed by atoms with van der Waals surface area (Å²) in [5.74, 6) is -2.91. The average Bonchev–Trinajstić information content (AvgIpc) is 2.53. The minimum atomic E-state index is -5.09. The molecule has 2 atom stereocenters. The first-order valence-electron chi connectivity index (χ1n) is 7.26. The minimum absolute atomic E-state index is 0.292. The number of amides is 2. The number of hydrogen-bond acceptors (Lipinski definition) is 4. The molecule has 3 rings (SSSR count). The van der Waals surface area contributed by atoms with Gasteiger partial charge in [-0.1, -0.05) is 18.2 Å². The number of carbonyl (C=O) groups is 2.